The Hall–Kier alpha value is -2.93. The van der Waals surface area contributed by atoms with Crippen molar-refractivity contribution >= 4 is 5.97 Å². The number of aliphatic hydroxyl groups is 1. The van der Waals surface area contributed by atoms with Crippen LogP contribution in [0.1, 0.15) is 48.0 Å². The molecule has 0 aliphatic rings. The molecule has 29 heavy (non-hydrogen) atoms. The van der Waals surface area contributed by atoms with Gasteiger partial charge in [-0.2, -0.15) is 5.26 Å². The molecule has 0 atom stereocenters. The summed E-state index contributed by atoms with van der Waals surface area (Å²) in [6.07, 6.45) is 3.06. The van der Waals surface area contributed by atoms with Gasteiger partial charge >= 0.3 is 5.97 Å². The van der Waals surface area contributed by atoms with Crippen molar-refractivity contribution in [3.05, 3.63) is 46.0 Å². The molecule has 2 aromatic heterocycles. The topological polar surface area (TPSA) is 164 Å². The number of ether oxygens (including phenoxy) is 1. The SMILES string of the molecule is C.CC(=O)OCc1cnc(C)c(O)c1C#N.Cc1[nH+]cc(CO)c(CN)c1O.[Cl-]. The summed E-state index contributed by atoms with van der Waals surface area (Å²) in [5, 5.41) is 36.7. The summed E-state index contributed by atoms with van der Waals surface area (Å²) in [5.74, 6) is -0.467. The molecule has 2 aromatic rings. The van der Waals surface area contributed by atoms with E-state index in [1.807, 2.05) is 6.07 Å². The highest BCUT2D eigenvalue weighted by Gasteiger charge is 2.13. The van der Waals surface area contributed by atoms with Crippen LogP contribution < -0.4 is 23.1 Å². The molecule has 6 N–H and O–H groups in total. The molecule has 10 heteroatoms. The quantitative estimate of drug-likeness (QED) is 0.413. The van der Waals surface area contributed by atoms with E-state index in [1.165, 1.54) is 13.1 Å². The summed E-state index contributed by atoms with van der Waals surface area (Å²) in [7, 11) is 0. The molecule has 0 aliphatic heterocycles. The number of aliphatic hydroxyl groups excluding tert-OH is 1. The average Bonchev–Trinajstić information content (AvgIpc) is 2.65. The molecule has 160 valence electrons. The number of carbonyl (C=O) groups is 1. The predicted molar refractivity (Wildman–Crippen MR) is 101 cm³/mol. The maximum Gasteiger partial charge on any atom is 0.302 e. The van der Waals surface area contributed by atoms with Gasteiger partial charge in [-0.25, -0.2) is 4.98 Å². The number of rotatable bonds is 4. The number of hydrogen-bond acceptors (Lipinski definition) is 8. The Bertz CT molecular complexity index is 869. The van der Waals surface area contributed by atoms with Crippen LogP contribution in [0, 0.1) is 25.2 Å². The van der Waals surface area contributed by atoms with Crippen LogP contribution in [0.3, 0.4) is 0 Å². The van der Waals surface area contributed by atoms with E-state index < -0.39 is 5.97 Å². The van der Waals surface area contributed by atoms with Gasteiger partial charge in [0.2, 0.25) is 5.69 Å². The van der Waals surface area contributed by atoms with Gasteiger partial charge in [0.1, 0.15) is 18.2 Å². The number of hydrogen-bond donors (Lipinski definition) is 4. The third-order valence-electron chi connectivity index (χ3n) is 3.72. The van der Waals surface area contributed by atoms with Crippen LogP contribution >= 0.6 is 0 Å². The molecule has 0 saturated carbocycles. The van der Waals surface area contributed by atoms with E-state index in [0.29, 0.717) is 28.1 Å². The molecule has 0 aromatic carbocycles. The minimum Gasteiger partial charge on any atom is -1.00 e. The largest absolute Gasteiger partial charge is 1.00 e. The van der Waals surface area contributed by atoms with Gasteiger partial charge in [-0.3, -0.25) is 9.78 Å². The van der Waals surface area contributed by atoms with E-state index >= 15 is 0 Å². The van der Waals surface area contributed by atoms with Gasteiger partial charge in [-0.15, -0.1) is 0 Å². The van der Waals surface area contributed by atoms with Gasteiger partial charge in [0.25, 0.3) is 0 Å². The number of H-pyrrole nitrogens is 1. The standard InChI is InChI=1S/C10H10N2O3.C8H12N2O2.CH4.ClH/c1-6-10(14)9(3-11)8(4-12-6)5-15-7(2)13;1-5-8(12)7(2-9)6(4-11)3-10-5;;/h4,14H,5H2,1-2H3;3,11-12H,2,4,9H2,1H3;1H4;1H. The summed E-state index contributed by atoms with van der Waals surface area (Å²) < 4.78 is 4.72. The smallest absolute Gasteiger partial charge is 0.302 e. The Morgan fingerprint density at radius 2 is 1.93 bits per heavy atom. The van der Waals surface area contributed by atoms with Crippen molar-refractivity contribution in [2.75, 3.05) is 0 Å². The van der Waals surface area contributed by atoms with E-state index in [0.717, 1.165) is 0 Å². The highest BCUT2D eigenvalue weighted by molar-refractivity contribution is 5.66. The number of esters is 1. The molecule has 0 aliphatic carbocycles. The van der Waals surface area contributed by atoms with Crippen molar-refractivity contribution in [1.29, 1.82) is 5.26 Å². The molecule has 0 radical (unpaired) electrons. The first-order chi connectivity index (χ1) is 12.8. The van der Waals surface area contributed by atoms with Crippen LogP contribution in [0.25, 0.3) is 0 Å². The van der Waals surface area contributed by atoms with Gasteiger partial charge < -0.3 is 38.2 Å². The number of halogens is 1. The number of aromatic nitrogens is 2. The molecular formula is C19H27ClN4O5. The number of carbonyl (C=O) groups excluding carboxylic acids is 1. The maximum atomic E-state index is 10.6. The summed E-state index contributed by atoms with van der Waals surface area (Å²) in [6, 6.07) is 1.85. The van der Waals surface area contributed by atoms with Crippen molar-refractivity contribution in [2.24, 2.45) is 5.73 Å². The minimum absolute atomic E-state index is 0. The number of nitriles is 1. The zero-order valence-corrected chi connectivity index (χ0v) is 16.5. The Balaban J connectivity index is 0. The van der Waals surface area contributed by atoms with Crippen LogP contribution in [0.15, 0.2) is 12.4 Å². The fourth-order valence-electron chi connectivity index (χ4n) is 2.15. The van der Waals surface area contributed by atoms with Gasteiger partial charge in [-0.05, 0) is 6.92 Å². The lowest BCUT2D eigenvalue weighted by molar-refractivity contribution is -0.389. The second kappa shape index (κ2) is 13.3. The summed E-state index contributed by atoms with van der Waals surface area (Å²) >= 11 is 0. The Morgan fingerprint density at radius 1 is 1.31 bits per heavy atom. The Morgan fingerprint density at radius 3 is 2.41 bits per heavy atom. The van der Waals surface area contributed by atoms with Crippen LogP contribution in [0.2, 0.25) is 0 Å². The second-order valence-electron chi connectivity index (χ2n) is 5.61. The Labute approximate surface area is 176 Å². The number of nitrogens with one attached hydrogen (secondary N) is 1. The molecule has 2 rings (SSSR count). The van der Waals surface area contributed by atoms with Crippen molar-refractivity contribution in [3.8, 4) is 17.6 Å². The third kappa shape index (κ3) is 7.54. The monoisotopic (exact) mass is 426 g/mol. The zero-order valence-electron chi connectivity index (χ0n) is 15.8. The number of nitrogens with zero attached hydrogens (tertiary/aromatic N) is 2. The lowest BCUT2D eigenvalue weighted by atomic mass is 10.1. The van der Waals surface area contributed by atoms with Crippen LogP contribution in [-0.2, 0) is 29.3 Å². The number of aromatic amines is 1. The molecule has 2 heterocycles. The molecule has 0 fully saturated rings. The van der Waals surface area contributed by atoms with E-state index in [1.54, 1.807) is 20.0 Å². The number of aromatic hydroxyl groups is 2. The van der Waals surface area contributed by atoms with Crippen LogP contribution in [0.4, 0.5) is 0 Å². The first-order valence-electron chi connectivity index (χ1n) is 8.00. The second-order valence-corrected chi connectivity index (χ2v) is 5.61. The van der Waals surface area contributed by atoms with E-state index in [9.17, 15) is 15.0 Å². The van der Waals surface area contributed by atoms with Crippen molar-refractivity contribution in [3.63, 3.8) is 0 Å². The van der Waals surface area contributed by atoms with Crippen LogP contribution in [-0.4, -0.2) is 26.3 Å². The van der Waals surface area contributed by atoms with Crippen molar-refractivity contribution < 1.29 is 42.2 Å². The number of aryl methyl sites for hydroxylation is 2. The van der Waals surface area contributed by atoms with Gasteiger partial charge in [0.15, 0.2) is 17.7 Å². The van der Waals surface area contributed by atoms with Crippen LogP contribution in [0.5, 0.6) is 11.5 Å². The summed E-state index contributed by atoms with van der Waals surface area (Å²) in [6.45, 7) is 4.67. The van der Waals surface area contributed by atoms with Gasteiger partial charge in [0, 0.05) is 43.3 Å². The third-order valence-corrected chi connectivity index (χ3v) is 3.72. The first-order valence-corrected chi connectivity index (χ1v) is 8.00. The number of nitrogens with two attached hydrogens (primary N) is 1. The zero-order chi connectivity index (χ0) is 20.6. The highest BCUT2D eigenvalue weighted by atomic mass is 35.5. The summed E-state index contributed by atoms with van der Waals surface area (Å²) in [5.41, 5.74) is 8.19. The highest BCUT2D eigenvalue weighted by Crippen LogP contribution is 2.23. The average molecular weight is 427 g/mol. The van der Waals surface area contributed by atoms with E-state index in [2.05, 4.69) is 9.97 Å². The van der Waals surface area contributed by atoms with E-state index in [4.69, 9.17) is 20.8 Å². The fourth-order valence-corrected chi connectivity index (χ4v) is 2.15. The minimum atomic E-state index is -0.445. The lowest BCUT2D eigenvalue weighted by Crippen LogP contribution is -3.00. The molecule has 0 saturated heterocycles. The molecule has 0 bridgehead atoms. The summed E-state index contributed by atoms with van der Waals surface area (Å²) in [4.78, 5) is 17.3. The van der Waals surface area contributed by atoms with Crippen molar-refractivity contribution in [1.82, 2.24) is 4.98 Å². The molecular weight excluding hydrogens is 400 g/mol. The molecule has 0 amide bonds. The van der Waals surface area contributed by atoms with Crippen molar-refractivity contribution in [2.45, 2.75) is 48.0 Å². The Kier molecular flexibility index (Phi) is 13.0. The van der Waals surface area contributed by atoms with E-state index in [-0.39, 0.29) is 56.7 Å². The first kappa shape index (κ1) is 28.3. The number of pyridine rings is 2. The fraction of sp³-hybridized carbons (Fsp3) is 0.368. The maximum absolute atomic E-state index is 10.6. The molecule has 0 unspecified atom stereocenters. The molecule has 9 nitrogen and oxygen atoms in total. The lowest BCUT2D eigenvalue weighted by Gasteiger charge is -2.06. The van der Waals surface area contributed by atoms with Gasteiger partial charge in [0.05, 0.1) is 12.3 Å². The normalized spacial score (nSPS) is 9.10. The predicted octanol–water partition coefficient (Wildman–Crippen LogP) is -1.86. The van der Waals surface area contributed by atoms with Gasteiger partial charge in [-0.1, -0.05) is 7.43 Å². The molecule has 0 spiro atoms.